The largest absolute Gasteiger partial charge is 0.496 e. The van der Waals surface area contributed by atoms with Gasteiger partial charge < -0.3 is 14.7 Å². The van der Waals surface area contributed by atoms with Crippen LogP contribution < -0.4 is 9.64 Å². The number of benzene rings is 2. The average Bonchev–Trinajstić information content (AvgIpc) is 2.53. The molecule has 0 atom stereocenters. The topological polar surface area (TPSA) is 32.7 Å². The summed E-state index contributed by atoms with van der Waals surface area (Å²) in [5.41, 5.74) is 4.45. The minimum absolute atomic E-state index is 0.0493. The van der Waals surface area contributed by atoms with Crippen molar-refractivity contribution in [1.29, 1.82) is 0 Å². The highest BCUT2D eigenvalue weighted by atomic mass is 16.5. The van der Waals surface area contributed by atoms with E-state index >= 15 is 0 Å². The lowest BCUT2D eigenvalue weighted by Crippen LogP contribution is -2.22. The average molecular weight is 285 g/mol. The Hall–Kier alpha value is -2.00. The smallest absolute Gasteiger partial charge is 0.123 e. The van der Waals surface area contributed by atoms with Crippen molar-refractivity contribution in [2.45, 2.75) is 27.0 Å². The molecule has 0 fully saturated rings. The van der Waals surface area contributed by atoms with Crippen LogP contribution in [0.2, 0.25) is 0 Å². The van der Waals surface area contributed by atoms with E-state index in [9.17, 15) is 5.11 Å². The summed E-state index contributed by atoms with van der Waals surface area (Å²) in [6.07, 6.45) is 0. The van der Waals surface area contributed by atoms with Crippen LogP contribution >= 0.6 is 0 Å². The Morgan fingerprint density at radius 3 is 2.38 bits per heavy atom. The molecule has 0 aliphatic heterocycles. The number of aliphatic hydroxyl groups excluding tert-OH is 1. The van der Waals surface area contributed by atoms with Gasteiger partial charge in [-0.05, 0) is 43.7 Å². The van der Waals surface area contributed by atoms with Gasteiger partial charge >= 0.3 is 0 Å². The number of nitrogens with zero attached hydrogens (tertiary/aromatic N) is 1. The summed E-state index contributed by atoms with van der Waals surface area (Å²) in [6.45, 7) is 5.95. The molecule has 0 saturated heterocycles. The second-order valence-corrected chi connectivity index (χ2v) is 5.15. The Morgan fingerprint density at radius 1 is 1.10 bits per heavy atom. The maximum atomic E-state index is 9.31. The van der Waals surface area contributed by atoms with Crippen LogP contribution in [0.4, 0.5) is 5.69 Å². The number of aliphatic hydroxyl groups is 1. The molecule has 2 rings (SSSR count). The lowest BCUT2D eigenvalue weighted by Gasteiger charge is -2.24. The van der Waals surface area contributed by atoms with E-state index in [0.717, 1.165) is 30.0 Å². The molecule has 0 bridgehead atoms. The third kappa shape index (κ3) is 3.76. The molecule has 2 aromatic carbocycles. The highest BCUT2D eigenvalue weighted by Gasteiger charge is 2.10. The molecule has 3 heteroatoms. The van der Waals surface area contributed by atoms with Crippen LogP contribution in [0.25, 0.3) is 0 Å². The third-order valence-electron chi connectivity index (χ3n) is 3.67. The van der Waals surface area contributed by atoms with Crippen LogP contribution in [0, 0.1) is 6.92 Å². The minimum atomic E-state index is 0.0493. The van der Waals surface area contributed by atoms with Crippen molar-refractivity contribution in [1.82, 2.24) is 0 Å². The van der Waals surface area contributed by atoms with Crippen LogP contribution in [-0.4, -0.2) is 18.8 Å². The van der Waals surface area contributed by atoms with Gasteiger partial charge in [0.1, 0.15) is 5.75 Å². The lowest BCUT2D eigenvalue weighted by molar-refractivity contribution is 0.281. The molecule has 0 spiro atoms. The molecular formula is C18H23NO2. The second-order valence-electron chi connectivity index (χ2n) is 5.15. The van der Waals surface area contributed by atoms with Crippen LogP contribution in [-0.2, 0) is 13.2 Å². The zero-order chi connectivity index (χ0) is 15.2. The van der Waals surface area contributed by atoms with Gasteiger partial charge in [0, 0.05) is 24.3 Å². The third-order valence-corrected chi connectivity index (χ3v) is 3.67. The number of ether oxygens (including phenoxy) is 1. The molecule has 0 unspecified atom stereocenters. The molecule has 0 heterocycles. The van der Waals surface area contributed by atoms with E-state index in [4.69, 9.17) is 4.74 Å². The molecule has 0 aromatic heterocycles. The number of methoxy groups -OCH3 is 1. The molecule has 0 radical (unpaired) electrons. The zero-order valence-corrected chi connectivity index (χ0v) is 13.0. The van der Waals surface area contributed by atoms with Crippen LogP contribution in [0.3, 0.4) is 0 Å². The summed E-state index contributed by atoms with van der Waals surface area (Å²) in [5.74, 6) is 0.859. The number of aryl methyl sites for hydroxylation is 1. The molecule has 2 aromatic rings. The SMILES string of the molecule is CCN(Cc1cc(CO)ccc1OC)c1ccc(C)cc1. The fourth-order valence-corrected chi connectivity index (χ4v) is 2.40. The van der Waals surface area contributed by atoms with E-state index in [-0.39, 0.29) is 6.61 Å². The quantitative estimate of drug-likeness (QED) is 0.881. The predicted molar refractivity (Wildman–Crippen MR) is 86.8 cm³/mol. The Labute approximate surface area is 126 Å². The van der Waals surface area contributed by atoms with Gasteiger partial charge in [-0.2, -0.15) is 0 Å². The van der Waals surface area contributed by atoms with Gasteiger partial charge in [0.15, 0.2) is 0 Å². The predicted octanol–water partition coefficient (Wildman–Crippen LogP) is 3.52. The van der Waals surface area contributed by atoms with Gasteiger partial charge in [-0.15, -0.1) is 0 Å². The molecule has 112 valence electrons. The normalized spacial score (nSPS) is 10.5. The van der Waals surface area contributed by atoms with Gasteiger partial charge in [-0.25, -0.2) is 0 Å². The van der Waals surface area contributed by atoms with Gasteiger partial charge in [-0.1, -0.05) is 23.8 Å². The molecule has 21 heavy (non-hydrogen) atoms. The Kier molecular flexibility index (Phi) is 5.23. The molecule has 1 N–H and O–H groups in total. The first kappa shape index (κ1) is 15.4. The highest BCUT2D eigenvalue weighted by molar-refractivity contribution is 5.49. The maximum absolute atomic E-state index is 9.31. The van der Waals surface area contributed by atoms with E-state index in [0.29, 0.717) is 0 Å². The number of hydrogen-bond acceptors (Lipinski definition) is 3. The summed E-state index contributed by atoms with van der Waals surface area (Å²) >= 11 is 0. The van der Waals surface area contributed by atoms with Crippen LogP contribution in [0.15, 0.2) is 42.5 Å². The molecule has 3 nitrogen and oxygen atoms in total. The monoisotopic (exact) mass is 285 g/mol. The van der Waals surface area contributed by atoms with Crippen molar-refractivity contribution in [2.75, 3.05) is 18.6 Å². The van der Waals surface area contributed by atoms with Crippen LogP contribution in [0.1, 0.15) is 23.6 Å². The Bertz CT molecular complexity index is 578. The summed E-state index contributed by atoms with van der Waals surface area (Å²) < 4.78 is 5.44. The Morgan fingerprint density at radius 2 is 1.81 bits per heavy atom. The highest BCUT2D eigenvalue weighted by Crippen LogP contribution is 2.24. The van der Waals surface area contributed by atoms with Gasteiger partial charge in [0.05, 0.1) is 13.7 Å². The van der Waals surface area contributed by atoms with Crippen molar-refractivity contribution in [3.05, 3.63) is 59.2 Å². The van der Waals surface area contributed by atoms with Crippen molar-refractivity contribution < 1.29 is 9.84 Å². The number of anilines is 1. The van der Waals surface area contributed by atoms with E-state index in [1.807, 2.05) is 18.2 Å². The van der Waals surface area contributed by atoms with E-state index < -0.39 is 0 Å². The lowest BCUT2D eigenvalue weighted by atomic mass is 10.1. The van der Waals surface area contributed by atoms with Crippen LogP contribution in [0.5, 0.6) is 5.75 Å². The van der Waals surface area contributed by atoms with Gasteiger partial charge in [0.25, 0.3) is 0 Å². The molecular weight excluding hydrogens is 262 g/mol. The summed E-state index contributed by atoms with van der Waals surface area (Å²) in [5, 5.41) is 9.31. The van der Waals surface area contributed by atoms with Gasteiger partial charge in [-0.3, -0.25) is 0 Å². The van der Waals surface area contributed by atoms with Gasteiger partial charge in [0.2, 0.25) is 0 Å². The second kappa shape index (κ2) is 7.14. The minimum Gasteiger partial charge on any atom is -0.496 e. The van der Waals surface area contributed by atoms with Crippen molar-refractivity contribution in [2.24, 2.45) is 0 Å². The summed E-state index contributed by atoms with van der Waals surface area (Å²) in [7, 11) is 1.68. The van der Waals surface area contributed by atoms with Crippen molar-refractivity contribution in [3.8, 4) is 5.75 Å². The number of hydrogen-bond donors (Lipinski definition) is 1. The first-order valence-electron chi connectivity index (χ1n) is 7.26. The van der Waals surface area contributed by atoms with Crippen molar-refractivity contribution in [3.63, 3.8) is 0 Å². The molecule has 0 aliphatic rings. The fraction of sp³-hybridized carbons (Fsp3) is 0.333. The summed E-state index contributed by atoms with van der Waals surface area (Å²) in [6, 6.07) is 14.4. The first-order chi connectivity index (χ1) is 10.2. The van der Waals surface area contributed by atoms with E-state index in [1.165, 1.54) is 11.3 Å². The van der Waals surface area contributed by atoms with E-state index in [1.54, 1.807) is 7.11 Å². The maximum Gasteiger partial charge on any atom is 0.123 e. The fourth-order valence-electron chi connectivity index (χ4n) is 2.40. The zero-order valence-electron chi connectivity index (χ0n) is 13.0. The molecule has 0 amide bonds. The first-order valence-corrected chi connectivity index (χ1v) is 7.26. The Balaban J connectivity index is 2.27. The van der Waals surface area contributed by atoms with Crippen molar-refractivity contribution >= 4 is 5.69 Å². The van der Waals surface area contributed by atoms with E-state index in [2.05, 4.69) is 43.0 Å². The molecule has 0 saturated carbocycles. The standard InChI is InChI=1S/C18H23NO2/c1-4-19(17-8-5-14(2)6-9-17)12-16-11-15(13-20)7-10-18(16)21-3/h5-11,20H,4,12-13H2,1-3H3. The number of rotatable bonds is 6. The summed E-state index contributed by atoms with van der Waals surface area (Å²) in [4.78, 5) is 2.29. The molecule has 0 aliphatic carbocycles.